The van der Waals surface area contributed by atoms with Crippen molar-refractivity contribution in [2.45, 2.75) is 26.8 Å². The first kappa shape index (κ1) is 23.0. The number of aryl methyl sites for hydroxylation is 2. The van der Waals surface area contributed by atoms with Crippen LogP contribution in [0.2, 0.25) is 0 Å². The summed E-state index contributed by atoms with van der Waals surface area (Å²) < 4.78 is 7.40. The van der Waals surface area contributed by atoms with Gasteiger partial charge in [-0.05, 0) is 49.1 Å². The first-order valence-electron chi connectivity index (χ1n) is 11.6. The van der Waals surface area contributed by atoms with Crippen LogP contribution in [0.5, 0.6) is 5.88 Å². The smallest absolute Gasteiger partial charge is 0.227 e. The Morgan fingerprint density at radius 1 is 1.12 bits per heavy atom. The van der Waals surface area contributed by atoms with Crippen LogP contribution in [0.1, 0.15) is 23.7 Å². The lowest BCUT2D eigenvalue weighted by Crippen LogP contribution is -2.37. The van der Waals surface area contributed by atoms with Gasteiger partial charge in [0, 0.05) is 52.2 Å². The van der Waals surface area contributed by atoms with E-state index in [-0.39, 0.29) is 11.8 Å². The van der Waals surface area contributed by atoms with Gasteiger partial charge in [-0.2, -0.15) is 5.10 Å². The van der Waals surface area contributed by atoms with Gasteiger partial charge in [-0.1, -0.05) is 24.3 Å². The average molecular weight is 448 g/mol. The summed E-state index contributed by atoms with van der Waals surface area (Å²) in [7, 11) is 3.59. The topological polar surface area (TPSA) is 63.5 Å². The Bertz CT molecular complexity index is 1100. The second-order valence-electron chi connectivity index (χ2n) is 8.64. The first-order valence-corrected chi connectivity index (χ1v) is 11.6. The Morgan fingerprint density at radius 2 is 1.88 bits per heavy atom. The summed E-state index contributed by atoms with van der Waals surface area (Å²) in [5.74, 6) is 0.910. The molecule has 3 aromatic rings. The molecule has 174 valence electrons. The first-order chi connectivity index (χ1) is 16.0. The van der Waals surface area contributed by atoms with Crippen LogP contribution in [0.15, 0.2) is 48.8 Å². The van der Waals surface area contributed by atoms with Gasteiger partial charge in [-0.3, -0.25) is 14.7 Å². The van der Waals surface area contributed by atoms with Crippen LogP contribution in [0.4, 0.5) is 0 Å². The molecule has 0 spiro atoms. The Labute approximate surface area is 196 Å². The van der Waals surface area contributed by atoms with Crippen LogP contribution in [0.25, 0.3) is 11.1 Å². The van der Waals surface area contributed by atoms with Crippen molar-refractivity contribution in [1.29, 1.82) is 0 Å². The third-order valence-electron chi connectivity index (χ3n) is 6.55. The normalized spacial score (nSPS) is 17.3. The number of ether oxygens (including phenoxy) is 1. The molecular weight excluding hydrogens is 414 g/mol. The highest BCUT2D eigenvalue weighted by molar-refractivity contribution is 5.80. The fourth-order valence-electron chi connectivity index (χ4n) is 4.84. The maximum absolute atomic E-state index is 13.5. The van der Waals surface area contributed by atoms with E-state index in [2.05, 4.69) is 46.2 Å². The Hall–Kier alpha value is -3.19. The minimum Gasteiger partial charge on any atom is -0.481 e. The quantitative estimate of drug-likeness (QED) is 0.556. The van der Waals surface area contributed by atoms with Crippen molar-refractivity contribution in [3.05, 3.63) is 65.6 Å². The van der Waals surface area contributed by atoms with Gasteiger partial charge in [0.05, 0.1) is 24.3 Å². The minimum absolute atomic E-state index is 0.113. The van der Waals surface area contributed by atoms with Crippen molar-refractivity contribution < 1.29 is 9.53 Å². The van der Waals surface area contributed by atoms with Gasteiger partial charge in [0.2, 0.25) is 11.8 Å². The second kappa shape index (κ2) is 10.2. The van der Waals surface area contributed by atoms with Crippen LogP contribution in [0.3, 0.4) is 0 Å². The summed E-state index contributed by atoms with van der Waals surface area (Å²) in [6.45, 7) is 7.79. The zero-order valence-corrected chi connectivity index (χ0v) is 20.0. The van der Waals surface area contributed by atoms with Crippen molar-refractivity contribution >= 4 is 5.91 Å². The SMILES string of the molecule is CCN1CCN(Cc2c(C)nn(C)c2OC)C[C@H](Cc2ccccc2-c2ccncc2)C1=O. The summed E-state index contributed by atoms with van der Waals surface area (Å²) in [6, 6.07) is 12.4. The third kappa shape index (κ3) is 4.93. The van der Waals surface area contributed by atoms with Crippen molar-refractivity contribution in [2.24, 2.45) is 13.0 Å². The van der Waals surface area contributed by atoms with Crippen LogP contribution in [-0.4, -0.2) is 63.8 Å². The van der Waals surface area contributed by atoms with E-state index in [4.69, 9.17) is 4.74 Å². The molecule has 0 bridgehead atoms. The predicted molar refractivity (Wildman–Crippen MR) is 129 cm³/mol. The molecule has 0 unspecified atom stereocenters. The van der Waals surface area contributed by atoms with Crippen molar-refractivity contribution in [3.63, 3.8) is 0 Å². The molecule has 2 aromatic heterocycles. The highest BCUT2D eigenvalue weighted by atomic mass is 16.5. The monoisotopic (exact) mass is 447 g/mol. The number of aromatic nitrogens is 3. The predicted octanol–water partition coefficient (Wildman–Crippen LogP) is 3.32. The van der Waals surface area contributed by atoms with E-state index in [1.54, 1.807) is 11.8 Å². The number of carbonyl (C=O) groups excluding carboxylic acids is 1. The molecular formula is C26H33N5O2. The largest absolute Gasteiger partial charge is 0.481 e. The summed E-state index contributed by atoms with van der Waals surface area (Å²) in [6.07, 6.45) is 4.33. The molecule has 0 aliphatic carbocycles. The summed E-state index contributed by atoms with van der Waals surface area (Å²) in [5.41, 5.74) is 5.54. The zero-order chi connectivity index (χ0) is 23.4. The van der Waals surface area contributed by atoms with E-state index in [1.807, 2.05) is 43.4 Å². The maximum Gasteiger partial charge on any atom is 0.227 e. The fraction of sp³-hybridized carbons (Fsp3) is 0.423. The van der Waals surface area contributed by atoms with Crippen LogP contribution in [0, 0.1) is 12.8 Å². The van der Waals surface area contributed by atoms with E-state index in [0.29, 0.717) is 13.0 Å². The standard InChI is InChI=1S/C26H33N5O2/c1-5-31-15-14-30(18-24-19(2)28-29(3)26(24)33-4)17-22(25(31)32)16-21-8-6-7-9-23(21)20-10-12-27-13-11-20/h6-13,22H,5,14-18H2,1-4H3/t22-/m0/s1. The van der Waals surface area contributed by atoms with Crippen LogP contribution < -0.4 is 4.74 Å². The van der Waals surface area contributed by atoms with Gasteiger partial charge in [0.15, 0.2) is 0 Å². The van der Waals surface area contributed by atoms with Gasteiger partial charge in [-0.25, -0.2) is 4.68 Å². The minimum atomic E-state index is -0.113. The molecule has 3 heterocycles. The number of hydrogen-bond donors (Lipinski definition) is 0. The molecule has 7 nitrogen and oxygen atoms in total. The zero-order valence-electron chi connectivity index (χ0n) is 20.0. The molecule has 1 aliphatic heterocycles. The third-order valence-corrected chi connectivity index (χ3v) is 6.55. The lowest BCUT2D eigenvalue weighted by Gasteiger charge is -2.24. The van der Waals surface area contributed by atoms with Crippen molar-refractivity contribution in [3.8, 4) is 17.0 Å². The second-order valence-corrected chi connectivity index (χ2v) is 8.64. The van der Waals surface area contributed by atoms with Gasteiger partial charge < -0.3 is 9.64 Å². The van der Waals surface area contributed by atoms with Crippen LogP contribution >= 0.6 is 0 Å². The number of hydrogen-bond acceptors (Lipinski definition) is 5. The Kier molecular flexibility index (Phi) is 7.08. The average Bonchev–Trinajstić information content (AvgIpc) is 3.01. The van der Waals surface area contributed by atoms with Gasteiger partial charge in [-0.15, -0.1) is 0 Å². The summed E-state index contributed by atoms with van der Waals surface area (Å²) >= 11 is 0. The van der Waals surface area contributed by atoms with Crippen LogP contribution in [-0.2, 0) is 24.8 Å². The summed E-state index contributed by atoms with van der Waals surface area (Å²) in [5, 5.41) is 4.53. The Balaban J connectivity index is 1.61. The molecule has 0 saturated carbocycles. The molecule has 33 heavy (non-hydrogen) atoms. The van der Waals surface area contributed by atoms with Gasteiger partial charge in [0.1, 0.15) is 0 Å². The van der Waals surface area contributed by atoms with E-state index < -0.39 is 0 Å². The molecule has 1 atom stereocenters. The number of amides is 1. The van der Waals surface area contributed by atoms with E-state index in [1.165, 1.54) is 5.56 Å². The number of likely N-dealkylation sites (N-methyl/N-ethyl adjacent to an activating group) is 1. The number of nitrogens with zero attached hydrogens (tertiary/aromatic N) is 5. The maximum atomic E-state index is 13.5. The number of carbonyl (C=O) groups is 1. The van der Waals surface area contributed by atoms with Crippen molar-refractivity contribution in [2.75, 3.05) is 33.3 Å². The fourth-order valence-corrected chi connectivity index (χ4v) is 4.84. The summed E-state index contributed by atoms with van der Waals surface area (Å²) in [4.78, 5) is 22.0. The number of rotatable bonds is 7. The molecule has 7 heteroatoms. The molecule has 1 fully saturated rings. The highest BCUT2D eigenvalue weighted by Gasteiger charge is 2.31. The lowest BCUT2D eigenvalue weighted by atomic mass is 9.91. The van der Waals surface area contributed by atoms with E-state index >= 15 is 0 Å². The number of pyridine rings is 1. The molecule has 1 aliphatic rings. The molecule has 1 saturated heterocycles. The molecule has 1 aromatic carbocycles. The molecule has 0 radical (unpaired) electrons. The lowest BCUT2D eigenvalue weighted by molar-refractivity contribution is -0.134. The molecule has 4 rings (SSSR count). The van der Waals surface area contributed by atoms with Gasteiger partial charge >= 0.3 is 0 Å². The molecule has 1 amide bonds. The van der Waals surface area contributed by atoms with E-state index in [9.17, 15) is 4.79 Å². The molecule has 0 N–H and O–H groups in total. The Morgan fingerprint density at radius 3 is 2.61 bits per heavy atom. The van der Waals surface area contributed by atoms with Gasteiger partial charge in [0.25, 0.3) is 0 Å². The van der Waals surface area contributed by atoms with Crippen molar-refractivity contribution in [1.82, 2.24) is 24.6 Å². The number of benzene rings is 1. The highest BCUT2D eigenvalue weighted by Crippen LogP contribution is 2.28. The number of methoxy groups -OCH3 is 1. The van der Waals surface area contributed by atoms with E-state index in [0.717, 1.165) is 54.4 Å².